The van der Waals surface area contributed by atoms with Crippen molar-refractivity contribution in [1.82, 2.24) is 0 Å². The van der Waals surface area contributed by atoms with E-state index >= 15 is 0 Å². The van der Waals surface area contributed by atoms with Crippen LogP contribution in [0.3, 0.4) is 0 Å². The van der Waals surface area contributed by atoms with E-state index < -0.39 is 5.60 Å². The van der Waals surface area contributed by atoms with Crippen molar-refractivity contribution < 1.29 is 9.53 Å². The molecule has 0 aliphatic heterocycles. The summed E-state index contributed by atoms with van der Waals surface area (Å²) in [6, 6.07) is 7.64. The van der Waals surface area contributed by atoms with Gasteiger partial charge in [-0.25, -0.2) is 4.79 Å². The Balaban J connectivity index is 2.59. The molecule has 0 amide bonds. The minimum Gasteiger partial charge on any atom is -0.456 e. The Morgan fingerprint density at radius 3 is 2.39 bits per heavy atom. The summed E-state index contributed by atoms with van der Waals surface area (Å²) in [5.74, 6) is -0.264. The number of carbonyl (C=O) groups excluding carboxylic acids is 1. The number of benzene rings is 1. The molecule has 0 aliphatic rings. The molecule has 0 aliphatic carbocycles. The van der Waals surface area contributed by atoms with E-state index in [1.165, 1.54) is 5.56 Å². The van der Waals surface area contributed by atoms with Crippen LogP contribution in [0, 0.1) is 0 Å². The Morgan fingerprint density at radius 1 is 1.28 bits per heavy atom. The fourth-order valence-corrected chi connectivity index (χ4v) is 1.60. The second-order valence-corrected chi connectivity index (χ2v) is 5.38. The number of unbranched alkanes of at least 4 members (excludes halogenated alkanes) is 1. The van der Waals surface area contributed by atoms with E-state index in [2.05, 4.69) is 6.58 Å². The first kappa shape index (κ1) is 14.5. The smallest absolute Gasteiger partial charge is 0.338 e. The van der Waals surface area contributed by atoms with Crippen LogP contribution < -0.4 is 0 Å². The van der Waals surface area contributed by atoms with Crippen molar-refractivity contribution in [3.05, 3.63) is 48.0 Å². The fraction of sp³-hybridized carbons (Fsp3) is 0.438. The zero-order chi connectivity index (χ0) is 13.6. The molecule has 1 aromatic carbocycles. The fourth-order valence-electron chi connectivity index (χ4n) is 1.60. The van der Waals surface area contributed by atoms with Crippen LogP contribution in [-0.4, -0.2) is 11.6 Å². The van der Waals surface area contributed by atoms with Gasteiger partial charge < -0.3 is 4.74 Å². The Hall–Kier alpha value is -1.57. The summed E-state index contributed by atoms with van der Waals surface area (Å²) in [5, 5.41) is 0. The topological polar surface area (TPSA) is 26.3 Å². The summed E-state index contributed by atoms with van der Waals surface area (Å²) in [7, 11) is 0. The number of hydrogen-bond donors (Lipinski definition) is 0. The third-order valence-electron chi connectivity index (χ3n) is 2.46. The predicted molar refractivity (Wildman–Crippen MR) is 74.7 cm³/mol. The van der Waals surface area contributed by atoms with E-state index in [4.69, 9.17) is 4.74 Å². The first-order valence-corrected chi connectivity index (χ1v) is 6.35. The van der Waals surface area contributed by atoms with Gasteiger partial charge in [-0.3, -0.25) is 0 Å². The lowest BCUT2D eigenvalue weighted by molar-refractivity contribution is 0.00695. The largest absolute Gasteiger partial charge is 0.456 e. The maximum absolute atomic E-state index is 11.8. The molecule has 0 bridgehead atoms. The monoisotopic (exact) mass is 246 g/mol. The van der Waals surface area contributed by atoms with Gasteiger partial charge in [0.2, 0.25) is 0 Å². The number of rotatable bonds is 5. The van der Waals surface area contributed by atoms with Crippen molar-refractivity contribution in [2.24, 2.45) is 0 Å². The highest BCUT2D eigenvalue weighted by Gasteiger charge is 2.17. The molecule has 1 rings (SSSR count). The normalized spacial score (nSPS) is 11.1. The average molecular weight is 246 g/mol. The van der Waals surface area contributed by atoms with Gasteiger partial charge in [-0.1, -0.05) is 18.2 Å². The van der Waals surface area contributed by atoms with Gasteiger partial charge in [0.15, 0.2) is 0 Å². The molecule has 1 aromatic rings. The van der Waals surface area contributed by atoms with Crippen LogP contribution in [0.15, 0.2) is 36.9 Å². The number of hydrogen-bond acceptors (Lipinski definition) is 2. The molecule has 18 heavy (non-hydrogen) atoms. The van der Waals surface area contributed by atoms with Gasteiger partial charge in [0.25, 0.3) is 0 Å². The molecular formula is C16H22O2. The summed E-state index contributed by atoms with van der Waals surface area (Å²) >= 11 is 0. The lowest BCUT2D eigenvalue weighted by atomic mass is 10.1. The Labute approximate surface area is 110 Å². The number of allylic oxidation sites excluding steroid dienone is 1. The van der Waals surface area contributed by atoms with Gasteiger partial charge in [-0.15, -0.1) is 6.58 Å². The number of esters is 1. The van der Waals surface area contributed by atoms with E-state index in [1.54, 1.807) is 0 Å². The van der Waals surface area contributed by atoms with Gasteiger partial charge in [-0.2, -0.15) is 0 Å². The van der Waals surface area contributed by atoms with E-state index in [1.807, 2.05) is 51.1 Å². The molecule has 0 saturated carbocycles. The van der Waals surface area contributed by atoms with Crippen LogP contribution in [0.2, 0.25) is 0 Å². The van der Waals surface area contributed by atoms with Gasteiger partial charge in [0.05, 0.1) is 5.56 Å². The first-order chi connectivity index (χ1) is 8.42. The molecule has 0 heterocycles. The zero-order valence-corrected chi connectivity index (χ0v) is 11.5. The minimum absolute atomic E-state index is 0.264. The van der Waals surface area contributed by atoms with Gasteiger partial charge in [0.1, 0.15) is 5.60 Å². The highest BCUT2D eigenvalue weighted by atomic mass is 16.6. The van der Waals surface area contributed by atoms with Crippen molar-refractivity contribution in [2.45, 2.75) is 45.6 Å². The van der Waals surface area contributed by atoms with E-state index in [-0.39, 0.29) is 5.97 Å². The predicted octanol–water partition coefficient (Wildman–Crippen LogP) is 4.15. The van der Waals surface area contributed by atoms with Crippen molar-refractivity contribution in [3.8, 4) is 0 Å². The third-order valence-corrected chi connectivity index (χ3v) is 2.46. The lowest BCUT2D eigenvalue weighted by Crippen LogP contribution is -2.23. The molecule has 0 atom stereocenters. The number of aryl methyl sites for hydroxylation is 1. The molecule has 0 unspecified atom stereocenters. The summed E-state index contributed by atoms with van der Waals surface area (Å²) < 4.78 is 5.31. The number of ether oxygens (including phenoxy) is 1. The Bertz CT molecular complexity index is 396. The Kier molecular flexibility index (Phi) is 5.14. The van der Waals surface area contributed by atoms with Crippen molar-refractivity contribution >= 4 is 5.97 Å². The van der Waals surface area contributed by atoms with Crippen LogP contribution in [0.5, 0.6) is 0 Å². The van der Waals surface area contributed by atoms with E-state index in [0.717, 1.165) is 19.3 Å². The maximum atomic E-state index is 11.8. The zero-order valence-electron chi connectivity index (χ0n) is 11.5. The summed E-state index contributed by atoms with van der Waals surface area (Å²) in [5.41, 5.74) is 1.40. The summed E-state index contributed by atoms with van der Waals surface area (Å²) in [4.78, 5) is 11.8. The number of carbonyl (C=O) groups is 1. The summed E-state index contributed by atoms with van der Waals surface area (Å²) in [6.45, 7) is 9.31. The second kappa shape index (κ2) is 6.39. The molecule has 98 valence electrons. The highest BCUT2D eigenvalue weighted by molar-refractivity contribution is 5.89. The lowest BCUT2D eigenvalue weighted by Gasteiger charge is -2.19. The Morgan fingerprint density at radius 2 is 1.89 bits per heavy atom. The highest BCUT2D eigenvalue weighted by Crippen LogP contribution is 2.13. The first-order valence-electron chi connectivity index (χ1n) is 6.35. The average Bonchev–Trinajstić information content (AvgIpc) is 2.28. The van der Waals surface area contributed by atoms with Crippen molar-refractivity contribution in [2.75, 3.05) is 0 Å². The van der Waals surface area contributed by atoms with Gasteiger partial charge in [0, 0.05) is 0 Å². The SMILES string of the molecule is C=CCCCc1ccc(C(=O)OC(C)(C)C)cc1. The van der Waals surface area contributed by atoms with Crippen molar-refractivity contribution in [1.29, 1.82) is 0 Å². The van der Waals surface area contributed by atoms with E-state index in [0.29, 0.717) is 5.56 Å². The standard InChI is InChI=1S/C16H22O2/c1-5-6-7-8-13-9-11-14(12-10-13)15(17)18-16(2,3)4/h5,9-12H,1,6-8H2,2-4H3. The minimum atomic E-state index is -0.445. The van der Waals surface area contributed by atoms with Gasteiger partial charge in [-0.05, 0) is 57.7 Å². The quantitative estimate of drug-likeness (QED) is 0.443. The molecular weight excluding hydrogens is 224 g/mol. The molecule has 0 N–H and O–H groups in total. The van der Waals surface area contributed by atoms with E-state index in [9.17, 15) is 4.79 Å². The molecule has 2 heteroatoms. The van der Waals surface area contributed by atoms with Crippen LogP contribution >= 0.6 is 0 Å². The van der Waals surface area contributed by atoms with Crippen LogP contribution in [0.25, 0.3) is 0 Å². The molecule has 0 spiro atoms. The molecule has 0 radical (unpaired) electrons. The van der Waals surface area contributed by atoms with Crippen molar-refractivity contribution in [3.63, 3.8) is 0 Å². The summed E-state index contributed by atoms with van der Waals surface area (Å²) in [6.07, 6.45) is 5.05. The molecule has 2 nitrogen and oxygen atoms in total. The molecule has 0 saturated heterocycles. The third kappa shape index (κ3) is 5.17. The van der Waals surface area contributed by atoms with Gasteiger partial charge >= 0.3 is 5.97 Å². The second-order valence-electron chi connectivity index (χ2n) is 5.38. The maximum Gasteiger partial charge on any atom is 0.338 e. The molecule has 0 fully saturated rings. The van der Waals surface area contributed by atoms with Crippen LogP contribution in [0.1, 0.15) is 49.5 Å². The van der Waals surface area contributed by atoms with Crippen LogP contribution in [0.4, 0.5) is 0 Å². The van der Waals surface area contributed by atoms with Crippen LogP contribution in [-0.2, 0) is 11.2 Å². The molecule has 0 aromatic heterocycles.